The van der Waals surface area contributed by atoms with Crippen LogP contribution in [0.5, 0.6) is 0 Å². The zero-order valence-corrected chi connectivity index (χ0v) is 15.4. The average Bonchev–Trinajstić information content (AvgIpc) is 2.57. The number of pyridine rings is 1. The maximum atomic E-state index is 12.7. The molecule has 0 aromatic carbocycles. The van der Waals surface area contributed by atoms with E-state index in [4.69, 9.17) is 10.5 Å². The van der Waals surface area contributed by atoms with Crippen LogP contribution in [0.3, 0.4) is 0 Å². The number of rotatable bonds is 7. The zero-order valence-electron chi connectivity index (χ0n) is 15.4. The fourth-order valence-electron chi connectivity index (χ4n) is 3.26. The maximum Gasteiger partial charge on any atom is 0.245 e. The minimum absolute atomic E-state index is 0.0152. The van der Waals surface area contributed by atoms with Crippen LogP contribution in [-0.4, -0.2) is 42.2 Å². The van der Waals surface area contributed by atoms with Crippen LogP contribution < -0.4 is 16.0 Å². The fraction of sp³-hybridized carbons (Fsp3) is 0.667. The Morgan fingerprint density at radius 3 is 2.50 bits per heavy atom. The van der Waals surface area contributed by atoms with Crippen LogP contribution in [0.15, 0.2) is 18.3 Å². The highest BCUT2D eigenvalue weighted by atomic mass is 16.5. The highest BCUT2D eigenvalue weighted by molar-refractivity contribution is 5.99. The van der Waals surface area contributed by atoms with Crippen LogP contribution in [0, 0.1) is 5.41 Å². The van der Waals surface area contributed by atoms with E-state index < -0.39 is 11.0 Å². The fourth-order valence-corrected chi connectivity index (χ4v) is 3.26. The van der Waals surface area contributed by atoms with Gasteiger partial charge >= 0.3 is 0 Å². The van der Waals surface area contributed by atoms with Crippen LogP contribution in [-0.2, 0) is 9.53 Å². The maximum absolute atomic E-state index is 12.7. The van der Waals surface area contributed by atoms with Gasteiger partial charge < -0.3 is 20.7 Å². The number of carbonyl (C=O) groups is 1. The summed E-state index contributed by atoms with van der Waals surface area (Å²) in [6.45, 7) is 12.5. The van der Waals surface area contributed by atoms with E-state index in [2.05, 4.69) is 29.0 Å². The van der Waals surface area contributed by atoms with E-state index in [0.29, 0.717) is 18.7 Å². The molecule has 24 heavy (non-hydrogen) atoms. The molecule has 1 aromatic rings. The van der Waals surface area contributed by atoms with Crippen molar-refractivity contribution in [3.63, 3.8) is 0 Å². The van der Waals surface area contributed by atoms with E-state index in [9.17, 15) is 4.79 Å². The predicted octanol–water partition coefficient (Wildman–Crippen LogP) is 2.40. The van der Waals surface area contributed by atoms with E-state index >= 15 is 0 Å². The van der Waals surface area contributed by atoms with Gasteiger partial charge in [0.25, 0.3) is 0 Å². The third-order valence-corrected chi connectivity index (χ3v) is 5.33. The number of hydrogen-bond donors (Lipinski definition) is 2. The molecule has 1 saturated carbocycles. The molecule has 1 heterocycles. The minimum atomic E-state index is -0.926. The van der Waals surface area contributed by atoms with Crippen molar-refractivity contribution in [3.05, 3.63) is 18.3 Å². The van der Waals surface area contributed by atoms with Gasteiger partial charge in [-0.25, -0.2) is 4.98 Å². The van der Waals surface area contributed by atoms with Crippen molar-refractivity contribution in [2.24, 2.45) is 11.1 Å². The summed E-state index contributed by atoms with van der Waals surface area (Å²) in [5.41, 5.74) is 5.73. The Bertz CT molecular complexity index is 569. The topological polar surface area (TPSA) is 80.5 Å². The first-order valence-electron chi connectivity index (χ1n) is 8.73. The Balaban J connectivity index is 2.05. The summed E-state index contributed by atoms with van der Waals surface area (Å²) >= 11 is 0. The Morgan fingerprint density at radius 2 is 2.04 bits per heavy atom. The second-order valence-electron chi connectivity index (χ2n) is 6.87. The van der Waals surface area contributed by atoms with Gasteiger partial charge in [0.1, 0.15) is 11.4 Å². The first-order chi connectivity index (χ1) is 11.3. The normalized spacial score (nSPS) is 25.0. The lowest BCUT2D eigenvalue weighted by atomic mass is 9.54. The number of amides is 1. The number of nitrogens with one attached hydrogen (secondary N) is 1. The van der Waals surface area contributed by atoms with Crippen molar-refractivity contribution < 1.29 is 9.53 Å². The van der Waals surface area contributed by atoms with E-state index in [1.54, 1.807) is 6.20 Å². The predicted molar refractivity (Wildman–Crippen MR) is 97.2 cm³/mol. The lowest BCUT2D eigenvalue weighted by molar-refractivity contribution is -0.166. The van der Waals surface area contributed by atoms with Crippen LogP contribution >= 0.6 is 0 Å². The molecule has 2 atom stereocenters. The largest absolute Gasteiger partial charge is 0.378 e. The van der Waals surface area contributed by atoms with Crippen molar-refractivity contribution in [2.45, 2.75) is 52.7 Å². The summed E-state index contributed by atoms with van der Waals surface area (Å²) < 4.78 is 5.68. The van der Waals surface area contributed by atoms with Gasteiger partial charge in [0.15, 0.2) is 0 Å². The monoisotopic (exact) mass is 334 g/mol. The number of anilines is 2. The van der Waals surface area contributed by atoms with Gasteiger partial charge in [0, 0.05) is 31.5 Å². The van der Waals surface area contributed by atoms with E-state index in [0.717, 1.165) is 18.9 Å². The molecule has 6 nitrogen and oxygen atoms in total. The van der Waals surface area contributed by atoms with Crippen LogP contribution in [0.4, 0.5) is 11.5 Å². The molecule has 1 aromatic heterocycles. The number of aromatic nitrogens is 1. The molecule has 1 aliphatic carbocycles. The smallest absolute Gasteiger partial charge is 0.245 e. The molecular weight excluding hydrogens is 304 g/mol. The molecule has 1 fully saturated rings. The second-order valence-corrected chi connectivity index (χ2v) is 6.87. The summed E-state index contributed by atoms with van der Waals surface area (Å²) in [7, 11) is 0. The molecular formula is C18H30N4O2. The van der Waals surface area contributed by atoms with E-state index in [1.165, 1.54) is 0 Å². The lowest BCUT2D eigenvalue weighted by Gasteiger charge is -2.57. The summed E-state index contributed by atoms with van der Waals surface area (Å²) in [4.78, 5) is 19.3. The van der Waals surface area contributed by atoms with Crippen LogP contribution in [0.2, 0.25) is 0 Å². The number of nitrogens with two attached hydrogens (primary N) is 1. The van der Waals surface area contributed by atoms with Crippen molar-refractivity contribution in [3.8, 4) is 0 Å². The number of nitrogens with zero attached hydrogens (tertiary/aromatic N) is 2. The SMILES string of the molecule is CCOC1CC(N)(C(=O)Nc2ccc(N(CC)CC)nc2)C1(C)C. The molecule has 2 rings (SSSR count). The third-order valence-electron chi connectivity index (χ3n) is 5.33. The molecule has 0 aliphatic heterocycles. The number of ether oxygens (including phenoxy) is 1. The second kappa shape index (κ2) is 7.07. The molecule has 134 valence electrons. The molecule has 0 saturated heterocycles. The lowest BCUT2D eigenvalue weighted by Crippen LogP contribution is -2.74. The molecule has 1 aliphatic rings. The van der Waals surface area contributed by atoms with Crippen molar-refractivity contribution in [2.75, 3.05) is 29.9 Å². The third kappa shape index (κ3) is 3.13. The highest BCUT2D eigenvalue weighted by Crippen LogP contribution is 2.50. The first-order valence-corrected chi connectivity index (χ1v) is 8.73. The van der Waals surface area contributed by atoms with Gasteiger partial charge in [-0.3, -0.25) is 4.79 Å². The van der Waals surface area contributed by atoms with Crippen molar-refractivity contribution in [1.82, 2.24) is 4.98 Å². The Hall–Kier alpha value is -1.66. The van der Waals surface area contributed by atoms with Crippen molar-refractivity contribution >= 4 is 17.4 Å². The zero-order chi connectivity index (χ0) is 18.0. The Morgan fingerprint density at radius 1 is 1.38 bits per heavy atom. The van der Waals surface area contributed by atoms with Crippen LogP contribution in [0.25, 0.3) is 0 Å². The molecule has 0 bridgehead atoms. The molecule has 0 spiro atoms. The molecule has 2 unspecified atom stereocenters. The number of carbonyl (C=O) groups excluding carboxylic acids is 1. The first kappa shape index (κ1) is 18.7. The summed E-state index contributed by atoms with van der Waals surface area (Å²) in [5, 5.41) is 2.90. The van der Waals surface area contributed by atoms with E-state index in [-0.39, 0.29) is 12.0 Å². The Kier molecular flexibility index (Phi) is 5.50. The standard InChI is InChI=1S/C18H30N4O2/c1-6-22(7-2)15-10-9-13(12-20-15)21-16(23)18(19)11-14(24-8-3)17(18,4)5/h9-10,12,14H,6-8,11,19H2,1-5H3,(H,21,23). The van der Waals surface area contributed by atoms with Gasteiger partial charge in [0.2, 0.25) is 5.91 Å². The molecule has 6 heteroatoms. The summed E-state index contributed by atoms with van der Waals surface area (Å²) in [6.07, 6.45) is 2.23. The quantitative estimate of drug-likeness (QED) is 0.800. The molecule has 0 radical (unpaired) electrons. The minimum Gasteiger partial charge on any atom is -0.378 e. The van der Waals surface area contributed by atoms with Gasteiger partial charge in [-0.2, -0.15) is 0 Å². The Labute approximate surface area is 144 Å². The highest BCUT2D eigenvalue weighted by Gasteiger charge is 2.62. The van der Waals surface area contributed by atoms with E-state index in [1.807, 2.05) is 32.9 Å². The molecule has 1 amide bonds. The molecule has 3 N–H and O–H groups in total. The summed E-state index contributed by atoms with van der Waals surface area (Å²) in [6, 6.07) is 3.79. The van der Waals surface area contributed by atoms with Gasteiger partial charge in [-0.1, -0.05) is 13.8 Å². The van der Waals surface area contributed by atoms with Crippen LogP contribution in [0.1, 0.15) is 41.0 Å². The summed E-state index contributed by atoms with van der Waals surface area (Å²) in [5.74, 6) is 0.724. The average molecular weight is 334 g/mol. The van der Waals surface area contributed by atoms with Gasteiger partial charge in [0.05, 0.1) is 18.0 Å². The van der Waals surface area contributed by atoms with Crippen molar-refractivity contribution in [1.29, 1.82) is 0 Å². The van der Waals surface area contributed by atoms with Gasteiger partial charge in [-0.15, -0.1) is 0 Å². The number of hydrogen-bond acceptors (Lipinski definition) is 5. The van der Waals surface area contributed by atoms with Gasteiger partial charge in [-0.05, 0) is 32.9 Å².